The van der Waals surface area contributed by atoms with Crippen molar-refractivity contribution in [1.29, 1.82) is 0 Å². The van der Waals surface area contributed by atoms with E-state index in [2.05, 4.69) is 22.3 Å². The highest BCUT2D eigenvalue weighted by Crippen LogP contribution is 2.23. The third-order valence-electron chi connectivity index (χ3n) is 2.80. The fraction of sp³-hybridized carbons (Fsp3) is 0.545. The lowest BCUT2D eigenvalue weighted by Crippen LogP contribution is -2.06. The van der Waals surface area contributed by atoms with Crippen molar-refractivity contribution in [3.05, 3.63) is 12.3 Å². The van der Waals surface area contributed by atoms with Gasteiger partial charge in [-0.1, -0.05) is 25.0 Å². The summed E-state index contributed by atoms with van der Waals surface area (Å²) in [5.41, 5.74) is 7.68. The summed E-state index contributed by atoms with van der Waals surface area (Å²) in [5.74, 6) is 0.463. The highest BCUT2D eigenvalue weighted by atomic mass is 15.5. The number of nitrogens with two attached hydrogens (primary N) is 1. The molecule has 0 aliphatic rings. The molecular formula is C11H18N6. The number of aryl methyl sites for hydroxylation is 2. The maximum absolute atomic E-state index is 5.87. The summed E-state index contributed by atoms with van der Waals surface area (Å²) in [6, 6.07) is 1.92. The molecule has 92 valence electrons. The van der Waals surface area contributed by atoms with Gasteiger partial charge in [-0.25, -0.2) is 4.68 Å². The Kier molecular flexibility index (Phi) is 3.41. The van der Waals surface area contributed by atoms with Crippen molar-refractivity contribution in [2.45, 2.75) is 32.7 Å². The molecule has 0 saturated carbocycles. The van der Waals surface area contributed by atoms with Crippen LogP contribution in [0.4, 0.5) is 5.82 Å². The molecule has 0 saturated heterocycles. The predicted octanol–water partition coefficient (Wildman–Crippen LogP) is 1.45. The van der Waals surface area contributed by atoms with Gasteiger partial charge in [-0.2, -0.15) is 5.10 Å². The van der Waals surface area contributed by atoms with Gasteiger partial charge in [0.25, 0.3) is 0 Å². The van der Waals surface area contributed by atoms with Crippen LogP contribution in [0.3, 0.4) is 0 Å². The third kappa shape index (κ3) is 2.30. The van der Waals surface area contributed by atoms with Gasteiger partial charge in [-0.15, -0.1) is 5.10 Å². The van der Waals surface area contributed by atoms with Gasteiger partial charge in [-0.05, 0) is 12.5 Å². The molecule has 17 heavy (non-hydrogen) atoms. The van der Waals surface area contributed by atoms with E-state index in [1.54, 1.807) is 10.9 Å². The van der Waals surface area contributed by atoms with Crippen molar-refractivity contribution in [1.82, 2.24) is 24.8 Å². The first-order valence-electron chi connectivity index (χ1n) is 5.91. The van der Waals surface area contributed by atoms with Crippen LogP contribution in [-0.2, 0) is 13.6 Å². The largest absolute Gasteiger partial charge is 0.380 e. The van der Waals surface area contributed by atoms with Crippen LogP contribution < -0.4 is 5.73 Å². The van der Waals surface area contributed by atoms with E-state index in [1.165, 1.54) is 12.8 Å². The fourth-order valence-electron chi connectivity index (χ4n) is 1.86. The summed E-state index contributed by atoms with van der Waals surface area (Å²) in [7, 11) is 1.89. The Labute approximate surface area is 100 Å². The first-order valence-corrected chi connectivity index (χ1v) is 5.91. The average molecular weight is 234 g/mol. The van der Waals surface area contributed by atoms with E-state index in [0.29, 0.717) is 5.82 Å². The quantitative estimate of drug-likeness (QED) is 0.794. The summed E-state index contributed by atoms with van der Waals surface area (Å²) in [4.78, 5) is 0. The Hall–Kier alpha value is -1.85. The SMILES string of the molecule is CCCCCn1nnc(N)c1-c1ccnn1C. The highest BCUT2D eigenvalue weighted by molar-refractivity contribution is 5.66. The summed E-state index contributed by atoms with van der Waals surface area (Å²) < 4.78 is 3.65. The predicted molar refractivity (Wildman–Crippen MR) is 66.2 cm³/mol. The second-order valence-corrected chi connectivity index (χ2v) is 4.09. The molecule has 2 rings (SSSR count). The molecule has 0 spiro atoms. The Morgan fingerprint density at radius 2 is 2.18 bits per heavy atom. The molecule has 2 aromatic rings. The van der Waals surface area contributed by atoms with E-state index in [4.69, 9.17) is 5.73 Å². The molecule has 0 radical (unpaired) electrons. The molecule has 2 heterocycles. The second-order valence-electron chi connectivity index (χ2n) is 4.09. The number of nitrogens with zero attached hydrogens (tertiary/aromatic N) is 5. The molecule has 6 heteroatoms. The summed E-state index contributed by atoms with van der Waals surface area (Å²) >= 11 is 0. The lowest BCUT2D eigenvalue weighted by molar-refractivity contribution is 0.539. The van der Waals surface area contributed by atoms with Crippen molar-refractivity contribution in [2.24, 2.45) is 7.05 Å². The molecule has 2 aromatic heterocycles. The van der Waals surface area contributed by atoms with Crippen LogP contribution >= 0.6 is 0 Å². The lowest BCUT2D eigenvalue weighted by Gasteiger charge is -2.06. The van der Waals surface area contributed by atoms with Gasteiger partial charge in [0, 0.05) is 19.8 Å². The van der Waals surface area contributed by atoms with Gasteiger partial charge < -0.3 is 5.73 Å². The molecule has 0 fully saturated rings. The van der Waals surface area contributed by atoms with E-state index in [9.17, 15) is 0 Å². The summed E-state index contributed by atoms with van der Waals surface area (Å²) in [6.07, 6.45) is 5.21. The second kappa shape index (κ2) is 4.99. The van der Waals surface area contributed by atoms with E-state index >= 15 is 0 Å². The number of nitrogen functional groups attached to an aromatic ring is 1. The zero-order valence-electron chi connectivity index (χ0n) is 10.3. The van der Waals surface area contributed by atoms with E-state index < -0.39 is 0 Å². The van der Waals surface area contributed by atoms with Crippen molar-refractivity contribution in [2.75, 3.05) is 5.73 Å². The lowest BCUT2D eigenvalue weighted by atomic mass is 10.2. The maximum atomic E-state index is 5.87. The fourth-order valence-corrected chi connectivity index (χ4v) is 1.86. The number of unbranched alkanes of at least 4 members (excludes halogenated alkanes) is 2. The first kappa shape index (κ1) is 11.6. The number of aromatic nitrogens is 5. The van der Waals surface area contributed by atoms with Crippen LogP contribution in [0.5, 0.6) is 0 Å². The van der Waals surface area contributed by atoms with Gasteiger partial charge in [0.15, 0.2) is 5.82 Å². The first-order chi connectivity index (χ1) is 8.24. The van der Waals surface area contributed by atoms with Gasteiger partial charge in [0.1, 0.15) is 5.69 Å². The topological polar surface area (TPSA) is 74.6 Å². The zero-order valence-corrected chi connectivity index (χ0v) is 10.3. The molecule has 6 nitrogen and oxygen atoms in total. The van der Waals surface area contributed by atoms with Gasteiger partial charge in [0.05, 0.1) is 5.69 Å². The minimum Gasteiger partial charge on any atom is -0.380 e. The molecule has 0 atom stereocenters. The van der Waals surface area contributed by atoms with Crippen LogP contribution in [-0.4, -0.2) is 24.8 Å². The highest BCUT2D eigenvalue weighted by Gasteiger charge is 2.14. The van der Waals surface area contributed by atoms with Crippen LogP contribution in [0.25, 0.3) is 11.4 Å². The Morgan fingerprint density at radius 3 is 2.82 bits per heavy atom. The average Bonchev–Trinajstić information content (AvgIpc) is 2.86. The van der Waals surface area contributed by atoms with Crippen LogP contribution in [0, 0.1) is 0 Å². The van der Waals surface area contributed by atoms with Gasteiger partial charge >= 0.3 is 0 Å². The minimum atomic E-state index is 0.463. The number of hydrogen-bond donors (Lipinski definition) is 1. The molecule has 0 unspecified atom stereocenters. The number of hydrogen-bond acceptors (Lipinski definition) is 4. The molecule has 0 aliphatic carbocycles. The number of anilines is 1. The van der Waals surface area contributed by atoms with E-state index in [1.807, 2.05) is 17.8 Å². The Balaban J connectivity index is 2.27. The Morgan fingerprint density at radius 1 is 1.35 bits per heavy atom. The van der Waals surface area contributed by atoms with Crippen molar-refractivity contribution < 1.29 is 0 Å². The smallest absolute Gasteiger partial charge is 0.175 e. The normalized spacial score (nSPS) is 10.9. The van der Waals surface area contributed by atoms with Crippen LogP contribution in [0.15, 0.2) is 12.3 Å². The van der Waals surface area contributed by atoms with Crippen molar-refractivity contribution in [3.63, 3.8) is 0 Å². The van der Waals surface area contributed by atoms with Crippen molar-refractivity contribution >= 4 is 5.82 Å². The standard InChI is InChI=1S/C11H18N6/c1-3-4-5-8-17-10(11(12)14-15-17)9-6-7-13-16(9)2/h6-7H,3-5,8,12H2,1-2H3. The van der Waals surface area contributed by atoms with Gasteiger partial charge in [0.2, 0.25) is 0 Å². The maximum Gasteiger partial charge on any atom is 0.175 e. The molecule has 2 N–H and O–H groups in total. The number of rotatable bonds is 5. The van der Waals surface area contributed by atoms with E-state index in [-0.39, 0.29) is 0 Å². The van der Waals surface area contributed by atoms with Crippen LogP contribution in [0.1, 0.15) is 26.2 Å². The van der Waals surface area contributed by atoms with E-state index in [0.717, 1.165) is 24.4 Å². The molecule has 0 aromatic carbocycles. The third-order valence-corrected chi connectivity index (χ3v) is 2.80. The molecule has 0 amide bonds. The molecule has 0 aliphatic heterocycles. The molecular weight excluding hydrogens is 216 g/mol. The molecule has 0 bridgehead atoms. The van der Waals surface area contributed by atoms with Gasteiger partial charge in [-0.3, -0.25) is 4.68 Å². The minimum absolute atomic E-state index is 0.463. The van der Waals surface area contributed by atoms with Crippen molar-refractivity contribution in [3.8, 4) is 11.4 Å². The zero-order chi connectivity index (χ0) is 12.3. The monoisotopic (exact) mass is 234 g/mol. The Bertz CT molecular complexity index is 484. The summed E-state index contributed by atoms with van der Waals surface area (Å²) in [6.45, 7) is 3.02. The summed E-state index contributed by atoms with van der Waals surface area (Å²) in [5, 5.41) is 12.2. The van der Waals surface area contributed by atoms with Crippen LogP contribution in [0.2, 0.25) is 0 Å².